The summed E-state index contributed by atoms with van der Waals surface area (Å²) in [5.41, 5.74) is 1.99. The molecule has 2 aromatic heterocycles. The van der Waals surface area contributed by atoms with Gasteiger partial charge in [0.25, 0.3) is 5.91 Å². The van der Waals surface area contributed by atoms with Crippen LogP contribution in [0.15, 0.2) is 30.5 Å². The third-order valence-corrected chi connectivity index (χ3v) is 4.87. The number of carbonyl (C=O) groups excluding carboxylic acids is 1. The second kappa shape index (κ2) is 5.85. The molecule has 0 fully saturated rings. The Morgan fingerprint density at radius 3 is 2.83 bits per heavy atom. The summed E-state index contributed by atoms with van der Waals surface area (Å²) in [4.78, 5) is 31.0. The summed E-state index contributed by atoms with van der Waals surface area (Å²) in [6.07, 6.45) is 1.82. The minimum atomic E-state index is -0.998. The third-order valence-electron chi connectivity index (χ3n) is 3.54. The van der Waals surface area contributed by atoms with Crippen LogP contribution >= 0.6 is 11.3 Å². The molecule has 1 atom stereocenters. The van der Waals surface area contributed by atoms with E-state index in [-0.39, 0.29) is 16.8 Å². The lowest BCUT2D eigenvalue weighted by Crippen LogP contribution is -2.26. The Labute approximate surface area is 136 Å². The lowest BCUT2D eigenvalue weighted by atomic mass is 10.1. The Kier molecular flexibility index (Phi) is 3.87. The molecule has 6 nitrogen and oxygen atoms in total. The number of aromatic nitrogens is 2. The van der Waals surface area contributed by atoms with Crippen LogP contribution in [0.3, 0.4) is 0 Å². The van der Waals surface area contributed by atoms with Crippen molar-refractivity contribution in [3.05, 3.63) is 51.6 Å². The number of aromatic amines is 1. The summed E-state index contributed by atoms with van der Waals surface area (Å²) >= 11 is 1.09. The van der Waals surface area contributed by atoms with Crippen LogP contribution in [-0.4, -0.2) is 27.0 Å². The average molecular weight is 329 g/mol. The third kappa shape index (κ3) is 2.95. The van der Waals surface area contributed by atoms with Crippen LogP contribution in [0.5, 0.6) is 0 Å². The van der Waals surface area contributed by atoms with E-state index < -0.39 is 5.97 Å². The fourth-order valence-electron chi connectivity index (χ4n) is 2.34. The van der Waals surface area contributed by atoms with E-state index in [1.54, 1.807) is 19.9 Å². The van der Waals surface area contributed by atoms with E-state index in [0.29, 0.717) is 16.3 Å². The molecule has 0 radical (unpaired) electrons. The van der Waals surface area contributed by atoms with Gasteiger partial charge in [0.05, 0.1) is 11.7 Å². The van der Waals surface area contributed by atoms with Crippen molar-refractivity contribution in [2.75, 3.05) is 0 Å². The zero-order valence-electron chi connectivity index (χ0n) is 12.6. The summed E-state index contributed by atoms with van der Waals surface area (Å²) in [6, 6.07) is 6.95. The lowest BCUT2D eigenvalue weighted by Gasteiger charge is -2.11. The molecule has 0 unspecified atom stereocenters. The Morgan fingerprint density at radius 2 is 2.13 bits per heavy atom. The van der Waals surface area contributed by atoms with Crippen molar-refractivity contribution < 1.29 is 14.7 Å². The van der Waals surface area contributed by atoms with Gasteiger partial charge in [-0.3, -0.25) is 4.79 Å². The first-order chi connectivity index (χ1) is 11.0. The zero-order chi connectivity index (χ0) is 16.6. The van der Waals surface area contributed by atoms with Crippen molar-refractivity contribution in [3.63, 3.8) is 0 Å². The monoisotopic (exact) mass is 329 g/mol. The number of aromatic carboxylic acids is 1. The van der Waals surface area contributed by atoms with Gasteiger partial charge in [0.15, 0.2) is 0 Å². The van der Waals surface area contributed by atoms with E-state index in [1.165, 1.54) is 0 Å². The molecule has 23 heavy (non-hydrogen) atoms. The molecule has 0 saturated heterocycles. The van der Waals surface area contributed by atoms with Gasteiger partial charge in [0.2, 0.25) is 0 Å². The van der Waals surface area contributed by atoms with Gasteiger partial charge in [-0.05, 0) is 38.1 Å². The quantitative estimate of drug-likeness (QED) is 0.685. The van der Waals surface area contributed by atoms with Crippen molar-refractivity contribution in [2.45, 2.75) is 19.9 Å². The van der Waals surface area contributed by atoms with E-state index in [4.69, 9.17) is 5.11 Å². The largest absolute Gasteiger partial charge is 0.477 e. The Morgan fingerprint density at radius 1 is 1.35 bits per heavy atom. The maximum Gasteiger partial charge on any atom is 0.347 e. The number of rotatable bonds is 4. The standard InChI is InChI=1S/C16H15N3O3S/c1-8-13(16(21)22)23-15(19-8)9(2)18-14(20)11-3-4-12-10(7-11)5-6-17-12/h3-7,9,17H,1-2H3,(H,18,20)(H,21,22)/t9-/m0/s1. The Hall–Kier alpha value is -2.67. The number of H-pyrrole nitrogens is 1. The summed E-state index contributed by atoms with van der Waals surface area (Å²) in [7, 11) is 0. The summed E-state index contributed by atoms with van der Waals surface area (Å²) in [5.74, 6) is -1.21. The number of aryl methyl sites for hydroxylation is 1. The highest BCUT2D eigenvalue weighted by atomic mass is 32.1. The minimum Gasteiger partial charge on any atom is -0.477 e. The average Bonchev–Trinajstić information content (AvgIpc) is 3.12. The zero-order valence-corrected chi connectivity index (χ0v) is 13.4. The highest BCUT2D eigenvalue weighted by molar-refractivity contribution is 7.13. The molecule has 3 aromatic rings. The fourth-order valence-corrected chi connectivity index (χ4v) is 3.25. The van der Waals surface area contributed by atoms with E-state index >= 15 is 0 Å². The lowest BCUT2D eigenvalue weighted by molar-refractivity contribution is 0.0701. The van der Waals surface area contributed by atoms with Crippen LogP contribution in [0.1, 0.15) is 43.7 Å². The first-order valence-corrected chi connectivity index (χ1v) is 7.86. The topological polar surface area (TPSA) is 95.1 Å². The van der Waals surface area contributed by atoms with Crippen LogP contribution in [0.2, 0.25) is 0 Å². The minimum absolute atomic E-state index is 0.204. The molecule has 0 aliphatic carbocycles. The molecule has 0 aliphatic rings. The number of thiazole rings is 1. The number of nitrogens with one attached hydrogen (secondary N) is 2. The fraction of sp³-hybridized carbons (Fsp3) is 0.188. The number of fused-ring (bicyclic) bond motifs is 1. The molecule has 0 spiro atoms. The molecule has 7 heteroatoms. The second-order valence-electron chi connectivity index (χ2n) is 5.25. The number of carboxylic acids is 1. The number of carboxylic acid groups (broad SMARTS) is 1. The molecular weight excluding hydrogens is 314 g/mol. The van der Waals surface area contributed by atoms with Crippen molar-refractivity contribution in [2.24, 2.45) is 0 Å². The van der Waals surface area contributed by atoms with Crippen LogP contribution in [-0.2, 0) is 0 Å². The number of carbonyl (C=O) groups is 2. The van der Waals surface area contributed by atoms with Gasteiger partial charge in [-0.15, -0.1) is 11.3 Å². The number of hydrogen-bond acceptors (Lipinski definition) is 4. The van der Waals surface area contributed by atoms with Gasteiger partial charge in [0.1, 0.15) is 9.88 Å². The van der Waals surface area contributed by atoms with Gasteiger partial charge in [-0.25, -0.2) is 9.78 Å². The van der Waals surface area contributed by atoms with Crippen molar-refractivity contribution >= 4 is 34.1 Å². The van der Waals surface area contributed by atoms with E-state index in [1.807, 2.05) is 24.4 Å². The van der Waals surface area contributed by atoms with E-state index in [0.717, 1.165) is 22.2 Å². The molecular formula is C16H15N3O3S. The highest BCUT2D eigenvalue weighted by Crippen LogP contribution is 2.24. The number of amides is 1. The molecule has 3 N–H and O–H groups in total. The van der Waals surface area contributed by atoms with Gasteiger partial charge < -0.3 is 15.4 Å². The van der Waals surface area contributed by atoms with Crippen molar-refractivity contribution in [3.8, 4) is 0 Å². The molecule has 2 heterocycles. The van der Waals surface area contributed by atoms with E-state index in [2.05, 4.69) is 15.3 Å². The van der Waals surface area contributed by atoms with Crippen LogP contribution in [0, 0.1) is 6.92 Å². The van der Waals surface area contributed by atoms with E-state index in [9.17, 15) is 9.59 Å². The molecule has 0 saturated carbocycles. The smallest absolute Gasteiger partial charge is 0.347 e. The Bertz CT molecular complexity index is 897. The predicted molar refractivity (Wildman–Crippen MR) is 88.0 cm³/mol. The van der Waals surface area contributed by atoms with Gasteiger partial charge >= 0.3 is 5.97 Å². The van der Waals surface area contributed by atoms with Crippen LogP contribution < -0.4 is 5.32 Å². The first-order valence-electron chi connectivity index (χ1n) is 7.04. The Balaban J connectivity index is 1.78. The summed E-state index contributed by atoms with van der Waals surface area (Å²) in [6.45, 7) is 3.44. The SMILES string of the molecule is Cc1nc([C@H](C)NC(=O)c2ccc3[nH]ccc3c2)sc1C(=O)O. The molecule has 1 amide bonds. The molecule has 0 bridgehead atoms. The number of hydrogen-bond donors (Lipinski definition) is 3. The number of benzene rings is 1. The summed E-state index contributed by atoms with van der Waals surface area (Å²) < 4.78 is 0. The molecule has 3 rings (SSSR count). The maximum atomic E-state index is 12.4. The first kappa shape index (κ1) is 15.2. The van der Waals surface area contributed by atoms with Gasteiger partial charge in [0, 0.05) is 22.7 Å². The molecule has 1 aromatic carbocycles. The van der Waals surface area contributed by atoms with Crippen LogP contribution in [0.25, 0.3) is 10.9 Å². The van der Waals surface area contributed by atoms with Crippen molar-refractivity contribution in [1.29, 1.82) is 0 Å². The van der Waals surface area contributed by atoms with Gasteiger partial charge in [-0.1, -0.05) is 0 Å². The highest BCUT2D eigenvalue weighted by Gasteiger charge is 2.19. The second-order valence-corrected chi connectivity index (χ2v) is 6.28. The van der Waals surface area contributed by atoms with Crippen molar-refractivity contribution in [1.82, 2.24) is 15.3 Å². The van der Waals surface area contributed by atoms with Crippen LogP contribution in [0.4, 0.5) is 0 Å². The molecule has 118 valence electrons. The summed E-state index contributed by atoms with van der Waals surface area (Å²) in [5, 5.41) is 13.5. The normalized spacial score (nSPS) is 12.3. The maximum absolute atomic E-state index is 12.4. The predicted octanol–water partition coefficient (Wildman–Crippen LogP) is 3.12. The molecule has 0 aliphatic heterocycles. The number of nitrogens with zero attached hydrogens (tertiary/aromatic N) is 1. The van der Waals surface area contributed by atoms with Gasteiger partial charge in [-0.2, -0.15) is 0 Å².